The molecule has 0 atom stereocenters. The molecular weight excluding hydrogens is 178 g/mol. The number of esters is 1. The van der Waals surface area contributed by atoms with Gasteiger partial charge in [0.25, 0.3) is 0 Å². The van der Waals surface area contributed by atoms with Crippen LogP contribution in [0.3, 0.4) is 0 Å². The fraction of sp³-hybridized carbons (Fsp3) is 0.909. The Kier molecular flexibility index (Phi) is 5.60. The topological polar surface area (TPSA) is 29.5 Å². The molecule has 0 spiro atoms. The summed E-state index contributed by atoms with van der Waals surface area (Å²) in [6.45, 7) is 5.53. The van der Waals surface area contributed by atoms with Crippen LogP contribution in [0.5, 0.6) is 0 Å². The minimum absolute atomic E-state index is 0.0586. The van der Waals surface area contributed by atoms with E-state index >= 15 is 0 Å². The van der Waals surface area contributed by atoms with Gasteiger partial charge in [-0.3, -0.25) is 4.79 Å². The summed E-state index contributed by atoms with van der Waals surface area (Å²) in [6.07, 6.45) is 5.80. The van der Waals surface area contributed by atoms with E-state index in [0.29, 0.717) is 13.0 Å². The monoisotopic (exact) mass is 199 g/mol. The number of carbonyl (C=O) groups is 1. The van der Waals surface area contributed by atoms with Crippen LogP contribution in [0.15, 0.2) is 0 Å². The Balaban J connectivity index is 2.12. The average molecular weight is 199 g/mol. The molecule has 0 unspecified atom stereocenters. The van der Waals surface area contributed by atoms with Gasteiger partial charge in [0.15, 0.2) is 0 Å². The Hall–Kier alpha value is -0.570. The molecule has 1 aliphatic rings. The molecule has 0 aromatic rings. The Morgan fingerprint density at radius 1 is 1.21 bits per heavy atom. The van der Waals surface area contributed by atoms with Gasteiger partial charge in [0.1, 0.15) is 0 Å². The van der Waals surface area contributed by atoms with Gasteiger partial charge in [0, 0.05) is 6.54 Å². The summed E-state index contributed by atoms with van der Waals surface area (Å²) >= 11 is 0. The van der Waals surface area contributed by atoms with E-state index in [-0.39, 0.29) is 5.97 Å². The van der Waals surface area contributed by atoms with Crippen LogP contribution in [0.25, 0.3) is 0 Å². The van der Waals surface area contributed by atoms with Crippen LogP contribution in [0, 0.1) is 0 Å². The number of ether oxygens (including phenoxy) is 1. The molecule has 82 valence electrons. The van der Waals surface area contributed by atoms with E-state index in [9.17, 15) is 4.79 Å². The molecule has 0 aromatic heterocycles. The fourth-order valence-corrected chi connectivity index (χ4v) is 1.84. The molecule has 0 amide bonds. The van der Waals surface area contributed by atoms with Crippen molar-refractivity contribution in [3.05, 3.63) is 0 Å². The van der Waals surface area contributed by atoms with E-state index in [0.717, 1.165) is 19.6 Å². The van der Waals surface area contributed by atoms with Gasteiger partial charge in [-0.1, -0.05) is 12.8 Å². The Bertz CT molecular complexity index is 163. The third kappa shape index (κ3) is 4.61. The minimum Gasteiger partial charge on any atom is -0.466 e. The van der Waals surface area contributed by atoms with E-state index in [1.807, 2.05) is 6.92 Å². The molecule has 3 heteroatoms. The molecule has 1 aliphatic heterocycles. The third-order valence-corrected chi connectivity index (χ3v) is 2.64. The van der Waals surface area contributed by atoms with Crippen molar-refractivity contribution in [3.8, 4) is 0 Å². The summed E-state index contributed by atoms with van der Waals surface area (Å²) in [5.41, 5.74) is 0. The van der Waals surface area contributed by atoms with Crippen molar-refractivity contribution in [3.63, 3.8) is 0 Å². The lowest BCUT2D eigenvalue weighted by atomic mass is 10.2. The highest BCUT2D eigenvalue weighted by Gasteiger charge is 2.10. The first-order valence-electron chi connectivity index (χ1n) is 5.71. The maximum atomic E-state index is 11.1. The van der Waals surface area contributed by atoms with E-state index in [1.54, 1.807) is 0 Å². The van der Waals surface area contributed by atoms with Gasteiger partial charge in [-0.05, 0) is 32.9 Å². The molecule has 0 N–H and O–H groups in total. The smallest absolute Gasteiger partial charge is 0.307 e. The summed E-state index contributed by atoms with van der Waals surface area (Å²) in [5, 5.41) is 0. The molecule has 0 saturated carbocycles. The molecule has 14 heavy (non-hydrogen) atoms. The average Bonchev–Trinajstić information content (AvgIpc) is 2.43. The normalized spacial score (nSPS) is 18.9. The van der Waals surface area contributed by atoms with Crippen LogP contribution in [0.1, 0.15) is 39.0 Å². The van der Waals surface area contributed by atoms with Crippen LogP contribution in [-0.2, 0) is 9.53 Å². The molecule has 3 nitrogen and oxygen atoms in total. The van der Waals surface area contributed by atoms with Crippen LogP contribution in [0.2, 0.25) is 0 Å². The highest BCUT2D eigenvalue weighted by atomic mass is 16.5. The SMILES string of the molecule is CCOC(=O)CCN1CCCCCC1. The van der Waals surface area contributed by atoms with Gasteiger partial charge in [-0.2, -0.15) is 0 Å². The van der Waals surface area contributed by atoms with Gasteiger partial charge in [0.05, 0.1) is 13.0 Å². The van der Waals surface area contributed by atoms with Crippen molar-refractivity contribution < 1.29 is 9.53 Å². The molecule has 1 heterocycles. The van der Waals surface area contributed by atoms with E-state index in [2.05, 4.69) is 4.90 Å². The molecule has 0 bridgehead atoms. The molecule has 1 rings (SSSR count). The molecule has 1 saturated heterocycles. The number of rotatable bonds is 4. The van der Waals surface area contributed by atoms with E-state index < -0.39 is 0 Å². The molecule has 0 aliphatic carbocycles. The zero-order valence-electron chi connectivity index (χ0n) is 9.13. The first-order valence-corrected chi connectivity index (χ1v) is 5.71. The van der Waals surface area contributed by atoms with Crippen LogP contribution >= 0.6 is 0 Å². The van der Waals surface area contributed by atoms with Crippen molar-refractivity contribution in [1.82, 2.24) is 4.90 Å². The lowest BCUT2D eigenvalue weighted by Gasteiger charge is -2.18. The number of hydrogen-bond acceptors (Lipinski definition) is 3. The highest BCUT2D eigenvalue weighted by Crippen LogP contribution is 2.09. The van der Waals surface area contributed by atoms with Gasteiger partial charge < -0.3 is 9.64 Å². The fourth-order valence-electron chi connectivity index (χ4n) is 1.84. The second kappa shape index (κ2) is 6.82. The number of hydrogen-bond donors (Lipinski definition) is 0. The zero-order valence-corrected chi connectivity index (χ0v) is 9.13. The summed E-state index contributed by atoms with van der Waals surface area (Å²) < 4.78 is 4.90. The number of nitrogens with zero attached hydrogens (tertiary/aromatic N) is 1. The summed E-state index contributed by atoms with van der Waals surface area (Å²) in [7, 11) is 0. The Morgan fingerprint density at radius 2 is 1.86 bits per heavy atom. The summed E-state index contributed by atoms with van der Waals surface area (Å²) in [4.78, 5) is 13.5. The number of likely N-dealkylation sites (tertiary alicyclic amines) is 1. The van der Waals surface area contributed by atoms with Crippen molar-refractivity contribution in [2.75, 3.05) is 26.2 Å². The maximum Gasteiger partial charge on any atom is 0.307 e. The van der Waals surface area contributed by atoms with Gasteiger partial charge in [0.2, 0.25) is 0 Å². The number of carbonyl (C=O) groups excluding carboxylic acids is 1. The lowest BCUT2D eigenvalue weighted by Crippen LogP contribution is -2.27. The largest absolute Gasteiger partial charge is 0.466 e. The van der Waals surface area contributed by atoms with Crippen molar-refractivity contribution in [2.24, 2.45) is 0 Å². The molecule has 1 fully saturated rings. The second-order valence-corrected chi connectivity index (χ2v) is 3.81. The Morgan fingerprint density at radius 3 is 2.43 bits per heavy atom. The summed E-state index contributed by atoms with van der Waals surface area (Å²) in [5.74, 6) is -0.0586. The van der Waals surface area contributed by atoms with Crippen molar-refractivity contribution in [1.29, 1.82) is 0 Å². The minimum atomic E-state index is -0.0586. The zero-order chi connectivity index (χ0) is 10.2. The van der Waals surface area contributed by atoms with Crippen LogP contribution in [0.4, 0.5) is 0 Å². The lowest BCUT2D eigenvalue weighted by molar-refractivity contribution is -0.143. The van der Waals surface area contributed by atoms with Crippen molar-refractivity contribution >= 4 is 5.97 Å². The third-order valence-electron chi connectivity index (χ3n) is 2.64. The molecular formula is C11H21NO2. The van der Waals surface area contributed by atoms with Crippen molar-refractivity contribution in [2.45, 2.75) is 39.0 Å². The van der Waals surface area contributed by atoms with E-state index in [1.165, 1.54) is 25.7 Å². The molecule has 0 radical (unpaired) electrons. The predicted octanol–water partition coefficient (Wildman–Crippen LogP) is 1.82. The highest BCUT2D eigenvalue weighted by molar-refractivity contribution is 5.69. The Labute approximate surface area is 86.4 Å². The van der Waals surface area contributed by atoms with Gasteiger partial charge >= 0.3 is 5.97 Å². The van der Waals surface area contributed by atoms with Gasteiger partial charge in [-0.25, -0.2) is 0 Å². The quantitative estimate of drug-likeness (QED) is 0.647. The van der Waals surface area contributed by atoms with Crippen LogP contribution in [-0.4, -0.2) is 37.1 Å². The predicted molar refractivity (Wildman–Crippen MR) is 56.2 cm³/mol. The molecule has 0 aromatic carbocycles. The van der Waals surface area contributed by atoms with Gasteiger partial charge in [-0.15, -0.1) is 0 Å². The van der Waals surface area contributed by atoms with E-state index in [4.69, 9.17) is 4.74 Å². The first kappa shape index (κ1) is 11.5. The van der Waals surface area contributed by atoms with Crippen LogP contribution < -0.4 is 0 Å². The first-order chi connectivity index (χ1) is 6.83. The maximum absolute atomic E-state index is 11.1. The summed E-state index contributed by atoms with van der Waals surface area (Å²) in [6, 6.07) is 0. The second-order valence-electron chi connectivity index (χ2n) is 3.81. The standard InChI is InChI=1S/C11H21NO2/c1-2-14-11(13)7-10-12-8-5-3-4-6-9-12/h2-10H2,1H3.